The van der Waals surface area contributed by atoms with Crippen molar-refractivity contribution < 1.29 is 9.53 Å². The Labute approximate surface area is 156 Å². The van der Waals surface area contributed by atoms with E-state index in [0.717, 1.165) is 28.2 Å². The largest absolute Gasteiger partial charge is 0.443 e. The van der Waals surface area contributed by atoms with Gasteiger partial charge in [0.05, 0.1) is 17.6 Å². The Hall–Kier alpha value is -3.35. The van der Waals surface area contributed by atoms with Gasteiger partial charge in [-0.2, -0.15) is 0 Å². The van der Waals surface area contributed by atoms with Crippen molar-refractivity contribution >= 4 is 23.1 Å². The minimum absolute atomic E-state index is 0.401. The summed E-state index contributed by atoms with van der Waals surface area (Å²) in [6.07, 6.45) is 8.94. The fourth-order valence-corrected chi connectivity index (χ4v) is 2.89. The highest BCUT2D eigenvalue weighted by atomic mass is 16.6. The van der Waals surface area contributed by atoms with Gasteiger partial charge in [0.2, 0.25) is 0 Å². The molecule has 4 rings (SSSR count). The molecule has 0 atom stereocenters. The van der Waals surface area contributed by atoms with Crippen LogP contribution in [0.25, 0.3) is 22.6 Å². The van der Waals surface area contributed by atoms with E-state index in [4.69, 9.17) is 4.74 Å². The van der Waals surface area contributed by atoms with Crippen LogP contribution in [0.2, 0.25) is 0 Å². The molecule has 0 aliphatic carbocycles. The average molecular weight is 363 g/mol. The second-order valence-corrected chi connectivity index (χ2v) is 7.41. The number of ether oxygens (including phenoxy) is 1. The molecule has 0 fully saturated rings. The van der Waals surface area contributed by atoms with Crippen LogP contribution in [0.15, 0.2) is 55.2 Å². The number of anilines is 1. The number of hydrogen-bond acceptors (Lipinski definition) is 4. The number of imidazole rings is 2. The first-order valence-electron chi connectivity index (χ1n) is 8.69. The van der Waals surface area contributed by atoms with Crippen molar-refractivity contribution in [3.8, 4) is 11.3 Å². The predicted molar refractivity (Wildman–Crippen MR) is 104 cm³/mol. The lowest BCUT2D eigenvalue weighted by molar-refractivity contribution is 0.0589. The van der Waals surface area contributed by atoms with Crippen molar-refractivity contribution in [2.75, 3.05) is 11.9 Å². The minimum atomic E-state index is -0.546. The van der Waals surface area contributed by atoms with Gasteiger partial charge in [-0.25, -0.2) is 14.8 Å². The molecule has 0 bridgehead atoms. The van der Waals surface area contributed by atoms with Gasteiger partial charge < -0.3 is 9.14 Å². The van der Waals surface area contributed by atoms with E-state index in [2.05, 4.69) is 9.97 Å². The van der Waals surface area contributed by atoms with Crippen LogP contribution in [-0.4, -0.2) is 37.5 Å². The summed E-state index contributed by atoms with van der Waals surface area (Å²) in [4.78, 5) is 22.7. The Morgan fingerprint density at radius 1 is 1.11 bits per heavy atom. The number of nitrogens with zero attached hydrogens (tertiary/aromatic N) is 5. The number of pyridine rings is 2. The molecule has 7 nitrogen and oxygen atoms in total. The molecule has 0 saturated carbocycles. The van der Waals surface area contributed by atoms with Gasteiger partial charge in [-0.3, -0.25) is 9.30 Å². The van der Waals surface area contributed by atoms with Crippen LogP contribution in [0.3, 0.4) is 0 Å². The maximum atomic E-state index is 12.4. The highest BCUT2D eigenvalue weighted by Gasteiger charge is 2.21. The Balaban J connectivity index is 1.73. The molecule has 0 aliphatic rings. The second kappa shape index (κ2) is 6.12. The van der Waals surface area contributed by atoms with Crippen LogP contribution in [0, 0.1) is 0 Å². The SMILES string of the molecule is CN(C(=O)OC(C)(C)C)c1ccc2ncc(-c3ccn4ccnc4c3)n2c1. The molecule has 7 heteroatoms. The molecule has 4 aromatic rings. The van der Waals surface area contributed by atoms with Crippen LogP contribution in [0.5, 0.6) is 0 Å². The van der Waals surface area contributed by atoms with Crippen molar-refractivity contribution in [3.63, 3.8) is 0 Å². The maximum Gasteiger partial charge on any atom is 0.414 e. The standard InChI is InChI=1S/C20H21N5O2/c1-20(2,3)27-19(26)23(4)15-5-6-17-22-12-16(25(17)13-15)14-7-9-24-10-8-21-18(24)11-14/h5-13H,1-4H3. The number of carbonyl (C=O) groups is 1. The Bertz CT molecular complexity index is 1140. The van der Waals surface area contributed by atoms with E-state index in [1.165, 1.54) is 4.90 Å². The average Bonchev–Trinajstić information content (AvgIpc) is 3.24. The van der Waals surface area contributed by atoms with Gasteiger partial charge in [-0.05, 0) is 45.0 Å². The van der Waals surface area contributed by atoms with Crippen LogP contribution in [0.4, 0.5) is 10.5 Å². The highest BCUT2D eigenvalue weighted by Crippen LogP contribution is 2.25. The number of hydrogen-bond donors (Lipinski definition) is 0. The number of fused-ring (bicyclic) bond motifs is 2. The zero-order valence-electron chi connectivity index (χ0n) is 15.7. The molecule has 1 amide bonds. The summed E-state index contributed by atoms with van der Waals surface area (Å²) in [7, 11) is 1.70. The van der Waals surface area contributed by atoms with Gasteiger partial charge >= 0.3 is 6.09 Å². The number of amides is 1. The first kappa shape index (κ1) is 17.1. The van der Waals surface area contributed by atoms with E-state index in [1.54, 1.807) is 13.2 Å². The fraction of sp³-hybridized carbons (Fsp3) is 0.250. The molecule has 0 aliphatic heterocycles. The molecule has 4 heterocycles. The summed E-state index contributed by atoms with van der Waals surface area (Å²) >= 11 is 0. The quantitative estimate of drug-likeness (QED) is 0.540. The maximum absolute atomic E-state index is 12.4. The molecule has 138 valence electrons. The van der Waals surface area contributed by atoms with Crippen molar-refractivity contribution in [1.82, 2.24) is 18.8 Å². The molecule has 0 N–H and O–H groups in total. The first-order chi connectivity index (χ1) is 12.8. The second-order valence-electron chi connectivity index (χ2n) is 7.41. The molecular weight excluding hydrogens is 342 g/mol. The third-order valence-corrected chi connectivity index (χ3v) is 4.24. The Kier molecular flexibility index (Phi) is 3.87. The monoisotopic (exact) mass is 363 g/mol. The van der Waals surface area contributed by atoms with Gasteiger partial charge in [-0.1, -0.05) is 0 Å². The van der Waals surface area contributed by atoms with Crippen LogP contribution < -0.4 is 4.90 Å². The first-order valence-corrected chi connectivity index (χ1v) is 8.69. The van der Waals surface area contributed by atoms with E-state index in [1.807, 2.05) is 78.6 Å². The van der Waals surface area contributed by atoms with Crippen molar-refractivity contribution in [3.05, 3.63) is 55.2 Å². The molecule has 0 aromatic carbocycles. The van der Waals surface area contributed by atoms with E-state index < -0.39 is 11.7 Å². The van der Waals surface area contributed by atoms with Crippen molar-refractivity contribution in [2.45, 2.75) is 26.4 Å². The summed E-state index contributed by atoms with van der Waals surface area (Å²) in [5.74, 6) is 0. The van der Waals surface area contributed by atoms with Gasteiger partial charge in [0.1, 0.15) is 16.9 Å². The van der Waals surface area contributed by atoms with Gasteiger partial charge in [0.25, 0.3) is 0 Å². The lowest BCUT2D eigenvalue weighted by Gasteiger charge is -2.24. The van der Waals surface area contributed by atoms with Crippen molar-refractivity contribution in [1.29, 1.82) is 0 Å². The van der Waals surface area contributed by atoms with E-state index >= 15 is 0 Å². The molecule has 4 aromatic heterocycles. The smallest absolute Gasteiger partial charge is 0.414 e. The van der Waals surface area contributed by atoms with Crippen molar-refractivity contribution in [2.24, 2.45) is 0 Å². The Morgan fingerprint density at radius 3 is 2.70 bits per heavy atom. The number of aromatic nitrogens is 4. The summed E-state index contributed by atoms with van der Waals surface area (Å²) in [5.41, 5.74) is 3.76. The van der Waals surface area contributed by atoms with Gasteiger partial charge in [0, 0.05) is 37.4 Å². The zero-order valence-corrected chi connectivity index (χ0v) is 15.7. The number of carbonyl (C=O) groups excluding carboxylic acids is 1. The van der Waals surface area contributed by atoms with Crippen LogP contribution >= 0.6 is 0 Å². The zero-order chi connectivity index (χ0) is 19.2. The lowest BCUT2D eigenvalue weighted by atomic mass is 10.2. The predicted octanol–water partition coefficient (Wildman–Crippen LogP) is 4.02. The molecule has 0 unspecified atom stereocenters. The highest BCUT2D eigenvalue weighted by molar-refractivity contribution is 5.87. The third kappa shape index (κ3) is 3.23. The lowest BCUT2D eigenvalue weighted by Crippen LogP contribution is -2.34. The summed E-state index contributed by atoms with van der Waals surface area (Å²) < 4.78 is 9.37. The van der Waals surface area contributed by atoms with Crippen LogP contribution in [0.1, 0.15) is 20.8 Å². The molecular formula is C20H21N5O2. The van der Waals surface area contributed by atoms with E-state index in [9.17, 15) is 4.79 Å². The number of rotatable bonds is 2. The Morgan fingerprint density at radius 2 is 1.93 bits per heavy atom. The minimum Gasteiger partial charge on any atom is -0.443 e. The summed E-state index contributed by atoms with van der Waals surface area (Å²) in [6.45, 7) is 5.55. The topological polar surface area (TPSA) is 64.1 Å². The normalized spacial score (nSPS) is 11.9. The molecule has 27 heavy (non-hydrogen) atoms. The fourth-order valence-electron chi connectivity index (χ4n) is 2.89. The van der Waals surface area contributed by atoms with Crippen LogP contribution in [-0.2, 0) is 4.74 Å². The molecule has 0 spiro atoms. The van der Waals surface area contributed by atoms with Gasteiger partial charge in [0.15, 0.2) is 0 Å². The summed E-state index contributed by atoms with van der Waals surface area (Å²) in [5, 5.41) is 0. The third-order valence-electron chi connectivity index (χ3n) is 4.24. The molecule has 0 radical (unpaired) electrons. The summed E-state index contributed by atoms with van der Waals surface area (Å²) in [6, 6.07) is 7.76. The van der Waals surface area contributed by atoms with E-state index in [-0.39, 0.29) is 0 Å². The van der Waals surface area contributed by atoms with E-state index in [0.29, 0.717) is 0 Å². The van der Waals surface area contributed by atoms with Gasteiger partial charge in [-0.15, -0.1) is 0 Å². The molecule has 0 saturated heterocycles.